The van der Waals surface area contributed by atoms with E-state index in [1.54, 1.807) is 0 Å². The fourth-order valence-electron chi connectivity index (χ4n) is 2.27. The largest absolute Gasteiger partial charge is 0.416 e. The molecule has 1 unspecified atom stereocenters. The fourth-order valence-corrected chi connectivity index (χ4v) is 2.27. The molecular weight excluding hydrogens is 305 g/mol. The van der Waals surface area contributed by atoms with Crippen molar-refractivity contribution in [3.63, 3.8) is 0 Å². The van der Waals surface area contributed by atoms with Crippen LogP contribution in [0, 0.1) is 13.8 Å². The van der Waals surface area contributed by atoms with Gasteiger partial charge in [0.15, 0.2) is 0 Å². The lowest BCUT2D eigenvalue weighted by Crippen LogP contribution is -2.23. The van der Waals surface area contributed by atoms with E-state index in [1.807, 2.05) is 26.0 Å². The second kappa shape index (κ2) is 7.10. The van der Waals surface area contributed by atoms with Gasteiger partial charge in [0.1, 0.15) is 0 Å². The van der Waals surface area contributed by atoms with Crippen molar-refractivity contribution in [2.24, 2.45) is 0 Å². The van der Waals surface area contributed by atoms with E-state index in [4.69, 9.17) is 0 Å². The van der Waals surface area contributed by atoms with Gasteiger partial charge in [0.2, 0.25) is 0 Å². The number of aromatic nitrogens is 1. The summed E-state index contributed by atoms with van der Waals surface area (Å²) in [5, 5.41) is 13.0. The Balaban J connectivity index is 2.00. The van der Waals surface area contributed by atoms with Crippen LogP contribution in [-0.4, -0.2) is 16.6 Å². The van der Waals surface area contributed by atoms with Gasteiger partial charge in [0.05, 0.1) is 17.4 Å². The van der Waals surface area contributed by atoms with Crippen LogP contribution in [0.3, 0.4) is 0 Å². The van der Waals surface area contributed by atoms with Gasteiger partial charge in [-0.05, 0) is 37.1 Å². The van der Waals surface area contributed by atoms with Gasteiger partial charge in [-0.15, -0.1) is 0 Å². The first-order valence-electron chi connectivity index (χ1n) is 7.27. The Kier molecular flexibility index (Phi) is 5.38. The second-order valence-electron chi connectivity index (χ2n) is 5.44. The molecule has 0 bridgehead atoms. The fraction of sp³-hybridized carbons (Fsp3) is 0.353. The highest BCUT2D eigenvalue weighted by Crippen LogP contribution is 2.34. The zero-order valence-electron chi connectivity index (χ0n) is 13.0. The minimum atomic E-state index is -4.48. The van der Waals surface area contributed by atoms with Gasteiger partial charge in [0, 0.05) is 18.8 Å². The van der Waals surface area contributed by atoms with Crippen LogP contribution < -0.4 is 5.32 Å². The topological polar surface area (TPSA) is 45.1 Å². The molecule has 0 aliphatic heterocycles. The highest BCUT2D eigenvalue weighted by molar-refractivity contribution is 5.31. The number of aryl methyl sites for hydroxylation is 2. The van der Waals surface area contributed by atoms with Gasteiger partial charge in [-0.3, -0.25) is 4.98 Å². The standard InChI is InChI=1S/C17H19F3N2O/c1-11-7-8-13(22-12(11)2)9-21-10-16(23)14-5-3-4-6-15(14)17(18,19)20/h3-8,16,21,23H,9-10H2,1-2H3. The average Bonchev–Trinajstić information content (AvgIpc) is 2.50. The van der Waals surface area contributed by atoms with Crippen molar-refractivity contribution < 1.29 is 18.3 Å². The molecule has 23 heavy (non-hydrogen) atoms. The second-order valence-corrected chi connectivity index (χ2v) is 5.44. The van der Waals surface area contributed by atoms with Crippen molar-refractivity contribution >= 4 is 0 Å². The molecule has 0 saturated heterocycles. The molecule has 1 aromatic carbocycles. The Hall–Kier alpha value is -1.92. The van der Waals surface area contributed by atoms with Gasteiger partial charge in [-0.25, -0.2) is 0 Å². The molecule has 6 heteroatoms. The van der Waals surface area contributed by atoms with E-state index in [-0.39, 0.29) is 12.1 Å². The average molecular weight is 324 g/mol. The summed E-state index contributed by atoms with van der Waals surface area (Å²) in [6.45, 7) is 4.25. The molecule has 0 aliphatic carbocycles. The van der Waals surface area contributed by atoms with E-state index in [2.05, 4.69) is 10.3 Å². The third-order valence-electron chi connectivity index (χ3n) is 3.68. The molecule has 3 nitrogen and oxygen atoms in total. The van der Waals surface area contributed by atoms with Gasteiger partial charge < -0.3 is 10.4 Å². The minimum Gasteiger partial charge on any atom is -0.387 e. The van der Waals surface area contributed by atoms with Crippen molar-refractivity contribution in [3.05, 3.63) is 64.5 Å². The summed E-state index contributed by atoms with van der Waals surface area (Å²) in [4.78, 5) is 4.37. The van der Waals surface area contributed by atoms with Gasteiger partial charge in [-0.2, -0.15) is 13.2 Å². The van der Waals surface area contributed by atoms with E-state index >= 15 is 0 Å². The highest BCUT2D eigenvalue weighted by Gasteiger charge is 2.34. The zero-order valence-corrected chi connectivity index (χ0v) is 13.0. The molecule has 0 spiro atoms. The molecule has 1 aromatic heterocycles. The molecule has 1 heterocycles. The summed E-state index contributed by atoms with van der Waals surface area (Å²) in [7, 11) is 0. The number of nitrogens with zero attached hydrogens (tertiary/aromatic N) is 1. The van der Waals surface area contributed by atoms with Crippen LogP contribution in [0.25, 0.3) is 0 Å². The number of alkyl halides is 3. The van der Waals surface area contributed by atoms with Gasteiger partial charge >= 0.3 is 6.18 Å². The molecule has 124 valence electrons. The van der Waals surface area contributed by atoms with Gasteiger partial charge in [0.25, 0.3) is 0 Å². The summed E-state index contributed by atoms with van der Waals surface area (Å²) in [6.07, 6.45) is -5.72. The summed E-state index contributed by atoms with van der Waals surface area (Å²) in [5.41, 5.74) is 1.84. The molecule has 2 aromatic rings. The lowest BCUT2D eigenvalue weighted by Gasteiger charge is -2.18. The first-order valence-corrected chi connectivity index (χ1v) is 7.27. The first kappa shape index (κ1) is 17.4. The normalized spacial score (nSPS) is 13.1. The number of rotatable bonds is 5. The smallest absolute Gasteiger partial charge is 0.387 e. The monoisotopic (exact) mass is 324 g/mol. The predicted octanol–water partition coefficient (Wildman–Crippen LogP) is 3.54. The number of hydrogen-bond donors (Lipinski definition) is 2. The Morgan fingerprint density at radius 1 is 1.13 bits per heavy atom. The van der Waals surface area contributed by atoms with Crippen LogP contribution in [0.15, 0.2) is 36.4 Å². The first-order chi connectivity index (χ1) is 10.8. The number of nitrogens with one attached hydrogen (secondary N) is 1. The Morgan fingerprint density at radius 3 is 2.48 bits per heavy atom. The van der Waals surface area contributed by atoms with Crippen LogP contribution in [0.1, 0.15) is 34.2 Å². The lowest BCUT2D eigenvalue weighted by molar-refractivity contribution is -0.139. The Labute approximate surface area is 133 Å². The van der Waals surface area contributed by atoms with Gasteiger partial charge in [-0.1, -0.05) is 24.3 Å². The molecule has 2 rings (SSSR count). The highest BCUT2D eigenvalue weighted by atomic mass is 19.4. The molecule has 0 amide bonds. The molecule has 0 aliphatic rings. The van der Waals surface area contributed by atoms with Crippen molar-refractivity contribution in [1.29, 1.82) is 0 Å². The number of pyridine rings is 1. The van der Waals surface area contributed by atoms with Crippen LogP contribution >= 0.6 is 0 Å². The van der Waals surface area contributed by atoms with Crippen molar-refractivity contribution in [2.75, 3.05) is 6.54 Å². The molecule has 1 atom stereocenters. The van der Waals surface area contributed by atoms with Crippen LogP contribution in [0.2, 0.25) is 0 Å². The molecule has 0 saturated carbocycles. The van der Waals surface area contributed by atoms with Crippen molar-refractivity contribution in [2.45, 2.75) is 32.7 Å². The van der Waals surface area contributed by atoms with E-state index in [0.717, 1.165) is 23.0 Å². The number of aliphatic hydroxyl groups excluding tert-OH is 1. The van der Waals surface area contributed by atoms with E-state index in [1.165, 1.54) is 18.2 Å². The maximum Gasteiger partial charge on any atom is 0.416 e. The maximum absolute atomic E-state index is 12.9. The Bertz CT molecular complexity index is 671. The van der Waals surface area contributed by atoms with Crippen LogP contribution in [-0.2, 0) is 12.7 Å². The number of hydrogen-bond acceptors (Lipinski definition) is 3. The SMILES string of the molecule is Cc1ccc(CNCC(O)c2ccccc2C(F)(F)F)nc1C. The van der Waals surface area contributed by atoms with Crippen molar-refractivity contribution in [1.82, 2.24) is 10.3 Å². The zero-order chi connectivity index (χ0) is 17.0. The Morgan fingerprint density at radius 2 is 1.83 bits per heavy atom. The third kappa shape index (κ3) is 4.53. The molecule has 0 fully saturated rings. The molecule has 2 N–H and O–H groups in total. The van der Waals surface area contributed by atoms with E-state index < -0.39 is 17.8 Å². The summed E-state index contributed by atoms with van der Waals surface area (Å²) in [6, 6.07) is 8.86. The summed E-state index contributed by atoms with van der Waals surface area (Å²) >= 11 is 0. The predicted molar refractivity (Wildman–Crippen MR) is 81.8 cm³/mol. The third-order valence-corrected chi connectivity index (χ3v) is 3.68. The van der Waals surface area contributed by atoms with Crippen LogP contribution in [0.5, 0.6) is 0 Å². The lowest BCUT2D eigenvalue weighted by atomic mass is 10.0. The van der Waals surface area contributed by atoms with Crippen molar-refractivity contribution in [3.8, 4) is 0 Å². The maximum atomic E-state index is 12.9. The summed E-state index contributed by atoms with van der Waals surface area (Å²) in [5.74, 6) is 0. The number of aliphatic hydroxyl groups is 1. The number of halogens is 3. The molecule has 0 radical (unpaired) electrons. The van der Waals surface area contributed by atoms with E-state index in [9.17, 15) is 18.3 Å². The minimum absolute atomic E-state index is 0.0156. The van der Waals surface area contributed by atoms with Crippen LogP contribution in [0.4, 0.5) is 13.2 Å². The summed E-state index contributed by atoms with van der Waals surface area (Å²) < 4.78 is 38.8. The number of benzene rings is 1. The van der Waals surface area contributed by atoms with E-state index in [0.29, 0.717) is 6.54 Å². The molecular formula is C17H19F3N2O. The quantitative estimate of drug-likeness (QED) is 0.884.